The summed E-state index contributed by atoms with van der Waals surface area (Å²) in [6, 6.07) is 24.6. The Morgan fingerprint density at radius 3 is 1.42 bits per heavy atom. The number of nitrogens with zero attached hydrogens (tertiary/aromatic N) is 8. The Labute approximate surface area is 906 Å². The van der Waals surface area contributed by atoms with Crippen LogP contribution >= 0.6 is 105 Å². The number of anilines is 1. The first kappa shape index (κ1) is 119. The highest BCUT2D eigenvalue weighted by Gasteiger charge is 2.34. The second-order valence-electron chi connectivity index (χ2n) is 37.5. The van der Waals surface area contributed by atoms with Gasteiger partial charge in [-0.3, -0.25) is 67.7 Å². The van der Waals surface area contributed by atoms with E-state index in [0.717, 1.165) is 144 Å². The number of H-pyrrole nitrogens is 2. The fourth-order valence-corrected chi connectivity index (χ4v) is 20.0. The Morgan fingerprint density at radius 2 is 0.939 bits per heavy atom. The van der Waals surface area contributed by atoms with Gasteiger partial charge in [-0.2, -0.15) is 25.1 Å². The lowest BCUT2D eigenvalue weighted by Crippen LogP contribution is -2.52. The summed E-state index contributed by atoms with van der Waals surface area (Å²) in [4.78, 5) is 168. The number of benzene rings is 5. The van der Waals surface area contributed by atoms with Gasteiger partial charge in [0.2, 0.25) is 11.8 Å². The number of rotatable bonds is 43. The quantitative estimate of drug-likeness (QED) is 0.00964. The van der Waals surface area contributed by atoms with Gasteiger partial charge in [0, 0.05) is 135 Å². The molecule has 14 rings (SSSR count). The largest absolute Gasteiger partial charge is 0.494 e. The number of nitrogens with two attached hydrogens (primary N) is 1. The normalized spacial score (nSPS) is 14.9. The van der Waals surface area contributed by atoms with E-state index in [-0.39, 0.29) is 225 Å². The molecule has 2 atom stereocenters. The number of aryl methyl sites for hydroxylation is 1. The van der Waals surface area contributed by atoms with Crippen LogP contribution in [0, 0.1) is 11.8 Å². The van der Waals surface area contributed by atoms with Crippen LogP contribution in [0.25, 0.3) is 0 Å². The van der Waals surface area contributed by atoms with Gasteiger partial charge in [-0.05, 0) is 170 Å². The third kappa shape index (κ3) is 35.9. The summed E-state index contributed by atoms with van der Waals surface area (Å²) in [5, 5.41) is 50.7. The molecule has 8 heterocycles. The minimum absolute atomic E-state index is 0. The number of halogens is 9. The van der Waals surface area contributed by atoms with Gasteiger partial charge in [0.25, 0.3) is 23.6 Å². The monoisotopic (exact) mass is 2210 g/mol. The van der Waals surface area contributed by atoms with Crippen LogP contribution < -0.4 is 42.4 Å². The van der Waals surface area contributed by atoms with E-state index >= 15 is 0 Å². The molecule has 1 saturated carbocycles. The summed E-state index contributed by atoms with van der Waals surface area (Å²) in [7, 11) is 0. The number of carbonyl (C=O) groups excluding carboxylic acids is 12. The average molecular weight is 2220 g/mol. The van der Waals surface area contributed by atoms with E-state index in [2.05, 4.69) is 74.3 Å². The molecule has 6 amide bonds. The molecule has 4 fully saturated rings. The zero-order valence-corrected chi connectivity index (χ0v) is 90.0. The van der Waals surface area contributed by atoms with Crippen LogP contribution in [0.5, 0.6) is 5.75 Å². The first-order chi connectivity index (χ1) is 70.6. The van der Waals surface area contributed by atoms with E-state index in [1.807, 2.05) is 32.0 Å². The molecule has 0 spiro atoms. The molecule has 148 heavy (non-hydrogen) atoms. The molecule has 11 N–H and O–H groups in total. The molecule has 34 nitrogen and oxygen atoms in total. The van der Waals surface area contributed by atoms with Gasteiger partial charge in [0.1, 0.15) is 23.7 Å². The summed E-state index contributed by atoms with van der Waals surface area (Å²) in [5.74, 6) is -4.35. The number of carboxylic acids is 1. The van der Waals surface area contributed by atoms with Crippen molar-refractivity contribution in [1.29, 1.82) is 0 Å². The van der Waals surface area contributed by atoms with Crippen LogP contribution in [0.3, 0.4) is 0 Å². The first-order valence-corrected chi connectivity index (χ1v) is 53.0. The molecule has 4 aromatic heterocycles. The van der Waals surface area contributed by atoms with Crippen LogP contribution in [0.2, 0.25) is 40.2 Å². The summed E-state index contributed by atoms with van der Waals surface area (Å²) >= 11 is 49.4. The van der Waals surface area contributed by atoms with Crippen molar-refractivity contribution in [3.8, 4) is 5.75 Å². The van der Waals surface area contributed by atoms with Crippen molar-refractivity contribution in [1.82, 2.24) is 76.3 Å². The van der Waals surface area contributed by atoms with Crippen molar-refractivity contribution in [3.05, 3.63) is 229 Å². The van der Waals surface area contributed by atoms with Crippen molar-refractivity contribution in [3.63, 3.8) is 0 Å². The number of ether oxygens (including phenoxy) is 3. The van der Waals surface area contributed by atoms with Crippen LogP contribution in [-0.2, 0) is 67.5 Å². The maximum absolute atomic E-state index is 13.2. The summed E-state index contributed by atoms with van der Waals surface area (Å²) in [6.45, 7) is 12.9. The fraction of sp³-hybridized carbons (Fsp3) is 0.476. The minimum atomic E-state index is -1.13. The lowest BCUT2D eigenvalue weighted by Gasteiger charge is -2.34. The predicted molar refractivity (Wildman–Crippen MR) is 571 cm³/mol. The van der Waals surface area contributed by atoms with Crippen molar-refractivity contribution in [2.75, 3.05) is 64.3 Å². The highest BCUT2D eigenvalue weighted by atomic mass is 35.5. The highest BCUT2D eigenvalue weighted by molar-refractivity contribution is 6.42. The molecule has 43 heteroatoms. The minimum Gasteiger partial charge on any atom is -0.494 e. The lowest BCUT2D eigenvalue weighted by molar-refractivity contribution is -0.148. The van der Waals surface area contributed by atoms with Gasteiger partial charge < -0.3 is 66.8 Å². The first-order valence-electron chi connectivity index (χ1n) is 50.0. The number of hydrogen-bond donors (Lipinski definition) is 10. The third-order valence-corrected chi connectivity index (χ3v) is 28.5. The van der Waals surface area contributed by atoms with Crippen LogP contribution in [0.4, 0.5) is 10.5 Å². The molecule has 1 aliphatic carbocycles. The molecule has 0 bridgehead atoms. The van der Waals surface area contributed by atoms with E-state index in [1.165, 1.54) is 87.3 Å². The second kappa shape index (κ2) is 60.3. The number of amides is 6. The van der Waals surface area contributed by atoms with E-state index in [1.54, 1.807) is 71.8 Å². The number of ketones is 4. The average Bonchev–Trinajstić information content (AvgIpc) is 1.62. The Balaban J connectivity index is 0.000000202. The number of hydrogen-bond acceptors (Lipinski definition) is 23. The molecule has 1 unspecified atom stereocenters. The van der Waals surface area contributed by atoms with Crippen molar-refractivity contribution < 1.29 is 81.6 Å². The molecule has 4 aliphatic heterocycles. The SMILES string of the molecule is CC(C)[C@H](N)C(=O)N1CCC(NC(=O)c2[nH]ncc2CC(=O)c2c(Cl)cccc2Cl)CC1.CC(COC(=O)n1cc(CC(=O)c2c(Cl)cccc2Cl)c(C(=O)NC2CCNCC2)n1)C(=O)O.CCCCCCCCCCCC(=O)OCn1cc(CC(=O)c2c(Cl)cccc2Cl)c(C(=O)NC2CCCCC2)n1.Cl.O=C1CCc2ccc(OCCCCN3CCC(NC(=O)c4[nH]ncc4CC(=O)c4c(Cl)cccc4Cl)CC3)cc2N1. The van der Waals surface area contributed by atoms with Gasteiger partial charge in [0.05, 0.1) is 93.4 Å². The highest BCUT2D eigenvalue weighted by Crippen LogP contribution is 2.34. The number of piperidine rings is 3. The Hall–Kier alpha value is -10.9. The molecular weight excluding hydrogens is 2090 g/mol. The number of Topliss-reactive ketones (excluding diaryl/α,β-unsaturated/α-hetero) is 4. The molecule has 798 valence electrons. The standard InChI is InChI=1S/C31H43Cl2N3O4.C30H33Cl2N5O4.C22H27Cl2N5O3.C22H24Cl2N4O6.ClH/c1-2-3-4-5-6-7-8-9-13-19-28(38)40-22-36-21-23(20-27(37)29-25(32)17-14-18-26(29)33)30(35-36)31(39)34-24-15-11-10-12-16-24;31-23-4-3-5-24(32)28(23)26(38)16-20-18-33-36-29(20)30(40)34-21-10-13-37(14-11-21)12-1-2-15-41-22-8-6-19-7-9-27(39)35-25(19)17-22;1-12(2)19(25)22(32)29-8-6-14(7-9-29)27-21(31)20-13(11-26-28-20)10-17(30)18-15(23)4-3-5-16(18)24;1-12(21(31)32)11-34-22(33)28-10-13(9-17(29)18-15(23)3-2-4-16(18)24)19(27-28)20(30)26-14-5-7-25-8-6-14;/h14,17-18,21,24H,2-13,15-16,19-20,22H2,1H3,(H,34,39);3-6,8,17-18,21H,1-2,7,9-16H2,(H,33,36)(H,34,40)(H,35,39);3-5,11-12,14,19H,6-10,25H2,1-2H3,(H,26,28)(H,27,31);2-4,10,12,14,25H,5-9,11H2,1H3,(H,26,30)(H,31,32);1H/t;;19-;;/m..0../s1. The summed E-state index contributed by atoms with van der Waals surface area (Å²) < 4.78 is 18.5. The van der Waals surface area contributed by atoms with Crippen molar-refractivity contribution in [2.45, 2.75) is 251 Å². The predicted octanol–water partition coefficient (Wildman–Crippen LogP) is 19.2. The Morgan fingerprint density at radius 1 is 0.500 bits per heavy atom. The second-order valence-corrected chi connectivity index (χ2v) is 40.8. The van der Waals surface area contributed by atoms with Crippen LogP contribution in [-0.4, -0.2) is 221 Å². The summed E-state index contributed by atoms with van der Waals surface area (Å²) in [5.41, 5.74) is 10.9. The maximum atomic E-state index is 13.2. The zero-order valence-electron chi connectivity index (χ0n) is 83.2. The number of aromatic nitrogens is 8. The fourth-order valence-electron chi connectivity index (χ4n) is 17.5. The molecule has 9 aromatic rings. The van der Waals surface area contributed by atoms with E-state index in [4.69, 9.17) is 118 Å². The smallest absolute Gasteiger partial charge is 0.434 e. The van der Waals surface area contributed by atoms with Crippen LogP contribution in [0.1, 0.15) is 293 Å². The Bertz CT molecular complexity index is 5980. The van der Waals surface area contributed by atoms with E-state index in [0.29, 0.717) is 62.1 Å². The molecule has 0 radical (unpaired) electrons. The molecule has 5 aliphatic rings. The van der Waals surface area contributed by atoms with Crippen molar-refractivity contribution >= 4 is 188 Å². The maximum Gasteiger partial charge on any atom is 0.434 e. The van der Waals surface area contributed by atoms with Crippen molar-refractivity contribution in [2.24, 2.45) is 17.6 Å². The van der Waals surface area contributed by atoms with Gasteiger partial charge in [-0.25, -0.2) is 9.48 Å². The Kier molecular flexibility index (Phi) is 48.5. The van der Waals surface area contributed by atoms with Crippen LogP contribution in [0.15, 0.2) is 116 Å². The summed E-state index contributed by atoms with van der Waals surface area (Å²) in [6.07, 6.45) is 28.0. The lowest BCUT2D eigenvalue weighted by atomic mass is 9.95. The number of nitrogens with one attached hydrogen (secondary N) is 8. The van der Waals surface area contributed by atoms with Gasteiger partial charge >= 0.3 is 18.0 Å². The number of aromatic amines is 2. The van der Waals surface area contributed by atoms with Gasteiger partial charge in [-0.15, -0.1) is 12.4 Å². The topological polar surface area (TPSA) is 468 Å². The number of likely N-dealkylation sites (tertiary alicyclic amines) is 2. The number of unbranched alkanes of at least 4 members (excludes halogenated alkanes) is 9. The number of carbonyl (C=O) groups is 13. The molecule has 3 saturated heterocycles. The zero-order chi connectivity index (χ0) is 106. The van der Waals surface area contributed by atoms with Gasteiger partial charge in [0.15, 0.2) is 41.3 Å². The number of fused-ring (bicyclic) bond motifs is 1. The van der Waals surface area contributed by atoms with E-state index < -0.39 is 35.7 Å². The molecular formula is C105H128Cl9N17O17. The number of carboxylic acid groups (broad SMARTS) is 1. The molecule has 5 aromatic carbocycles. The number of esters is 1. The van der Waals surface area contributed by atoms with Gasteiger partial charge in [-0.1, -0.05) is 215 Å². The third-order valence-electron chi connectivity index (χ3n) is 26.0. The number of aliphatic carboxylic acids is 1. The van der Waals surface area contributed by atoms with E-state index in [9.17, 15) is 62.3 Å².